The lowest BCUT2D eigenvalue weighted by atomic mass is 10.0. The van der Waals surface area contributed by atoms with E-state index in [1.54, 1.807) is 13.8 Å². The zero-order valence-corrected chi connectivity index (χ0v) is 10.6. The quantitative estimate of drug-likeness (QED) is 0.752. The Morgan fingerprint density at radius 3 is 1.94 bits per heavy atom. The molecule has 0 aromatic heterocycles. The number of rotatable bonds is 1. The molecule has 0 aliphatic heterocycles. The van der Waals surface area contributed by atoms with E-state index in [9.17, 15) is 5.11 Å². The molecule has 2 aromatic rings. The Balaban J connectivity index is 2.23. The van der Waals surface area contributed by atoms with E-state index in [1.807, 2.05) is 42.5 Å². The van der Waals surface area contributed by atoms with E-state index in [1.165, 1.54) is 11.1 Å². The molecule has 0 saturated carbocycles. The zero-order chi connectivity index (χ0) is 13.0. The second-order valence-electron chi connectivity index (χ2n) is 4.75. The molecule has 90 valence electrons. The Morgan fingerprint density at radius 2 is 1.39 bits per heavy atom. The maximum absolute atomic E-state index is 9.54. The lowest BCUT2D eigenvalue weighted by Crippen LogP contribution is -2.14. The molecule has 18 heavy (non-hydrogen) atoms. The van der Waals surface area contributed by atoms with E-state index >= 15 is 0 Å². The van der Waals surface area contributed by atoms with Crippen molar-refractivity contribution in [2.24, 2.45) is 0 Å². The van der Waals surface area contributed by atoms with E-state index in [4.69, 9.17) is 0 Å². The van der Waals surface area contributed by atoms with Gasteiger partial charge in [-0.1, -0.05) is 54.3 Å². The fourth-order valence-electron chi connectivity index (χ4n) is 1.60. The van der Waals surface area contributed by atoms with Crippen molar-refractivity contribution in [1.82, 2.24) is 0 Å². The predicted octanol–water partition coefficient (Wildman–Crippen LogP) is 3.48. The molecule has 0 fully saturated rings. The first-order valence-electron chi connectivity index (χ1n) is 5.96. The van der Waals surface area contributed by atoms with Gasteiger partial charge in [-0.15, -0.1) is 0 Å². The van der Waals surface area contributed by atoms with Crippen LogP contribution in [0.3, 0.4) is 0 Å². The Labute approximate surface area is 108 Å². The average Bonchev–Trinajstić information content (AvgIpc) is 2.37. The third-order valence-electron chi connectivity index (χ3n) is 2.50. The summed E-state index contributed by atoms with van der Waals surface area (Å²) in [4.78, 5) is 0. The average molecular weight is 236 g/mol. The molecule has 0 aliphatic rings. The second kappa shape index (κ2) is 5.08. The van der Waals surface area contributed by atoms with Gasteiger partial charge in [0.1, 0.15) is 5.60 Å². The Bertz CT molecular complexity index is 563. The number of hydrogen-bond donors (Lipinski definition) is 1. The normalized spacial score (nSPS) is 10.6. The third kappa shape index (κ3) is 3.48. The van der Waals surface area contributed by atoms with Crippen molar-refractivity contribution in [3.63, 3.8) is 0 Å². The highest BCUT2D eigenvalue weighted by molar-refractivity contribution is 5.64. The number of hydrogen-bond acceptors (Lipinski definition) is 1. The smallest absolute Gasteiger partial charge is 0.120 e. The molecule has 0 heterocycles. The SMILES string of the molecule is CC(C)(O)C#Cc1ccc(-c2ccccc2)cc1. The molecule has 0 unspecified atom stereocenters. The highest BCUT2D eigenvalue weighted by atomic mass is 16.3. The van der Waals surface area contributed by atoms with Crippen molar-refractivity contribution in [1.29, 1.82) is 0 Å². The highest BCUT2D eigenvalue weighted by Gasteiger charge is 2.05. The summed E-state index contributed by atoms with van der Waals surface area (Å²) >= 11 is 0. The monoisotopic (exact) mass is 236 g/mol. The first-order chi connectivity index (χ1) is 8.54. The highest BCUT2D eigenvalue weighted by Crippen LogP contribution is 2.18. The summed E-state index contributed by atoms with van der Waals surface area (Å²) in [6, 6.07) is 18.3. The van der Waals surface area contributed by atoms with E-state index in [2.05, 4.69) is 24.0 Å². The van der Waals surface area contributed by atoms with Crippen LogP contribution in [0.4, 0.5) is 0 Å². The van der Waals surface area contributed by atoms with Crippen molar-refractivity contribution in [3.05, 3.63) is 60.2 Å². The van der Waals surface area contributed by atoms with E-state index in [0.29, 0.717) is 0 Å². The van der Waals surface area contributed by atoms with Gasteiger partial charge >= 0.3 is 0 Å². The van der Waals surface area contributed by atoms with Crippen LogP contribution >= 0.6 is 0 Å². The van der Waals surface area contributed by atoms with Crippen LogP contribution < -0.4 is 0 Å². The molecule has 2 aromatic carbocycles. The molecule has 0 saturated heterocycles. The summed E-state index contributed by atoms with van der Waals surface area (Å²) in [5.41, 5.74) is 2.33. The topological polar surface area (TPSA) is 20.2 Å². The van der Waals surface area contributed by atoms with Crippen LogP contribution in [0.2, 0.25) is 0 Å². The summed E-state index contributed by atoms with van der Waals surface area (Å²) in [6.45, 7) is 3.36. The fourth-order valence-corrected chi connectivity index (χ4v) is 1.60. The number of aliphatic hydroxyl groups is 1. The van der Waals surface area contributed by atoms with Gasteiger partial charge in [0.2, 0.25) is 0 Å². The van der Waals surface area contributed by atoms with Crippen LogP contribution in [0.15, 0.2) is 54.6 Å². The molecular weight excluding hydrogens is 220 g/mol. The van der Waals surface area contributed by atoms with Crippen molar-refractivity contribution < 1.29 is 5.11 Å². The summed E-state index contributed by atoms with van der Waals surface area (Å²) < 4.78 is 0. The lowest BCUT2D eigenvalue weighted by Gasteiger charge is -2.06. The summed E-state index contributed by atoms with van der Waals surface area (Å²) in [7, 11) is 0. The number of benzene rings is 2. The second-order valence-corrected chi connectivity index (χ2v) is 4.75. The van der Waals surface area contributed by atoms with Crippen LogP contribution in [0, 0.1) is 11.8 Å². The predicted molar refractivity (Wildman–Crippen MR) is 75.1 cm³/mol. The van der Waals surface area contributed by atoms with Crippen LogP contribution in [0.5, 0.6) is 0 Å². The zero-order valence-electron chi connectivity index (χ0n) is 10.6. The van der Waals surface area contributed by atoms with Gasteiger partial charge in [0, 0.05) is 5.56 Å². The first-order valence-corrected chi connectivity index (χ1v) is 5.96. The molecule has 1 N–H and O–H groups in total. The van der Waals surface area contributed by atoms with Gasteiger partial charge in [-0.05, 0) is 37.1 Å². The molecule has 0 radical (unpaired) electrons. The fraction of sp³-hybridized carbons (Fsp3) is 0.176. The van der Waals surface area contributed by atoms with Gasteiger partial charge in [0.05, 0.1) is 0 Å². The van der Waals surface area contributed by atoms with E-state index in [0.717, 1.165) is 5.56 Å². The minimum atomic E-state index is -0.946. The van der Waals surface area contributed by atoms with E-state index in [-0.39, 0.29) is 0 Å². The maximum atomic E-state index is 9.54. The standard InChI is InChI=1S/C17H16O/c1-17(2,18)13-12-14-8-10-16(11-9-14)15-6-4-3-5-7-15/h3-11,18H,1-2H3. The summed E-state index contributed by atoms with van der Waals surface area (Å²) in [6.07, 6.45) is 0. The summed E-state index contributed by atoms with van der Waals surface area (Å²) in [5.74, 6) is 5.77. The van der Waals surface area contributed by atoms with Crippen molar-refractivity contribution >= 4 is 0 Å². The van der Waals surface area contributed by atoms with Gasteiger partial charge in [-0.2, -0.15) is 0 Å². The summed E-state index contributed by atoms with van der Waals surface area (Å²) in [5, 5.41) is 9.54. The third-order valence-corrected chi connectivity index (χ3v) is 2.50. The van der Waals surface area contributed by atoms with Gasteiger partial charge in [0.15, 0.2) is 0 Å². The minimum absolute atomic E-state index is 0.914. The molecule has 0 atom stereocenters. The molecule has 1 heteroatoms. The molecule has 0 aliphatic carbocycles. The largest absolute Gasteiger partial charge is 0.378 e. The molecule has 0 amide bonds. The molecule has 1 nitrogen and oxygen atoms in total. The Kier molecular flexibility index (Phi) is 3.50. The Morgan fingerprint density at radius 1 is 0.833 bits per heavy atom. The molecule has 0 bridgehead atoms. The maximum Gasteiger partial charge on any atom is 0.120 e. The minimum Gasteiger partial charge on any atom is -0.378 e. The van der Waals surface area contributed by atoms with Gasteiger partial charge in [-0.3, -0.25) is 0 Å². The molecule has 0 spiro atoms. The first kappa shape index (κ1) is 12.4. The lowest BCUT2D eigenvalue weighted by molar-refractivity contribution is 0.143. The molecular formula is C17H16O. The van der Waals surface area contributed by atoms with Crippen molar-refractivity contribution in [3.8, 4) is 23.0 Å². The Hall–Kier alpha value is -2.04. The van der Waals surface area contributed by atoms with Crippen molar-refractivity contribution in [2.45, 2.75) is 19.4 Å². The van der Waals surface area contributed by atoms with Gasteiger partial charge < -0.3 is 5.11 Å². The van der Waals surface area contributed by atoms with Crippen molar-refractivity contribution in [2.75, 3.05) is 0 Å². The van der Waals surface area contributed by atoms with Gasteiger partial charge in [0.25, 0.3) is 0 Å². The van der Waals surface area contributed by atoms with E-state index < -0.39 is 5.60 Å². The van der Waals surface area contributed by atoms with Gasteiger partial charge in [-0.25, -0.2) is 0 Å². The van der Waals surface area contributed by atoms with Crippen LogP contribution in [-0.2, 0) is 0 Å². The van der Waals surface area contributed by atoms with Crippen LogP contribution in [0.1, 0.15) is 19.4 Å². The van der Waals surface area contributed by atoms with Crippen LogP contribution in [-0.4, -0.2) is 10.7 Å². The van der Waals surface area contributed by atoms with Crippen LogP contribution in [0.25, 0.3) is 11.1 Å². The molecule has 2 rings (SSSR count).